The van der Waals surface area contributed by atoms with Crippen LogP contribution >= 0.6 is 0 Å². The van der Waals surface area contributed by atoms with Crippen LogP contribution in [0, 0.1) is 5.92 Å². The fourth-order valence-corrected chi connectivity index (χ4v) is 2.33. The molecule has 0 N–H and O–H groups in total. The lowest BCUT2D eigenvalue weighted by Gasteiger charge is -2.16. The Bertz CT molecular complexity index is 305. The molecular weight excluding hydrogens is 216 g/mol. The Morgan fingerprint density at radius 2 is 2.06 bits per heavy atom. The summed E-state index contributed by atoms with van der Waals surface area (Å²) < 4.78 is 5.07. The number of Topliss-reactive ketones (excluding diaryl/α,β-unsaturated/α-hetero) is 1. The van der Waals surface area contributed by atoms with Gasteiger partial charge in [0, 0.05) is 12.0 Å². The van der Waals surface area contributed by atoms with E-state index in [1.54, 1.807) is 13.0 Å². The lowest BCUT2D eigenvalue weighted by Crippen LogP contribution is -2.23. The Morgan fingerprint density at radius 1 is 1.35 bits per heavy atom. The minimum atomic E-state index is -0.342. The molecule has 0 amide bonds. The predicted molar refractivity (Wildman–Crippen MR) is 66.6 cm³/mol. The zero-order chi connectivity index (χ0) is 12.7. The van der Waals surface area contributed by atoms with Crippen LogP contribution in [0.2, 0.25) is 0 Å². The molecule has 0 radical (unpaired) electrons. The number of rotatable bonds is 2. The van der Waals surface area contributed by atoms with Crippen molar-refractivity contribution in [3.8, 4) is 0 Å². The second-order valence-corrected chi connectivity index (χ2v) is 4.42. The van der Waals surface area contributed by atoms with Gasteiger partial charge in [-0.2, -0.15) is 0 Å². The second kappa shape index (κ2) is 7.25. The molecule has 1 saturated carbocycles. The van der Waals surface area contributed by atoms with Crippen molar-refractivity contribution in [2.24, 2.45) is 5.92 Å². The Kier molecular flexibility index (Phi) is 5.95. The maximum atomic E-state index is 12.0. The van der Waals surface area contributed by atoms with Crippen molar-refractivity contribution < 1.29 is 14.3 Å². The number of ether oxygens (including phenoxy) is 1. The lowest BCUT2D eigenvalue weighted by molar-refractivity contribution is -0.147. The summed E-state index contributed by atoms with van der Waals surface area (Å²) >= 11 is 0. The number of esters is 1. The van der Waals surface area contributed by atoms with Crippen molar-refractivity contribution in [2.75, 3.05) is 6.61 Å². The number of hydrogen-bond donors (Lipinski definition) is 0. The zero-order valence-electron chi connectivity index (χ0n) is 10.8. The van der Waals surface area contributed by atoms with Gasteiger partial charge in [0.25, 0.3) is 0 Å². The van der Waals surface area contributed by atoms with Gasteiger partial charge in [-0.05, 0) is 26.7 Å². The Morgan fingerprint density at radius 3 is 2.71 bits per heavy atom. The molecule has 3 heteroatoms. The quantitative estimate of drug-likeness (QED) is 0.548. The van der Waals surface area contributed by atoms with Crippen LogP contribution in [0.15, 0.2) is 11.6 Å². The third kappa shape index (κ3) is 3.99. The van der Waals surface area contributed by atoms with Gasteiger partial charge in [0.1, 0.15) is 0 Å². The van der Waals surface area contributed by atoms with Crippen molar-refractivity contribution in [3.63, 3.8) is 0 Å². The van der Waals surface area contributed by atoms with E-state index in [1.807, 2.05) is 6.92 Å². The molecule has 96 valence electrons. The first-order valence-electron chi connectivity index (χ1n) is 6.56. The van der Waals surface area contributed by atoms with E-state index >= 15 is 0 Å². The highest BCUT2D eigenvalue weighted by Crippen LogP contribution is 2.25. The van der Waals surface area contributed by atoms with E-state index < -0.39 is 0 Å². The summed E-state index contributed by atoms with van der Waals surface area (Å²) in [5.41, 5.74) is 0.658. The second-order valence-electron chi connectivity index (χ2n) is 4.42. The van der Waals surface area contributed by atoms with Crippen LogP contribution < -0.4 is 0 Å². The van der Waals surface area contributed by atoms with Crippen LogP contribution in [-0.2, 0) is 14.3 Å². The number of allylic oxidation sites excluding steroid dienone is 1. The van der Waals surface area contributed by atoms with Crippen LogP contribution in [0.25, 0.3) is 0 Å². The highest BCUT2D eigenvalue weighted by molar-refractivity contribution is 6.00. The Balaban J connectivity index is 2.85. The molecule has 0 aromatic carbocycles. The van der Waals surface area contributed by atoms with Crippen LogP contribution in [0.3, 0.4) is 0 Å². The molecule has 1 unspecified atom stereocenters. The van der Waals surface area contributed by atoms with Gasteiger partial charge in [0.05, 0.1) is 12.5 Å². The van der Waals surface area contributed by atoms with Crippen molar-refractivity contribution in [1.29, 1.82) is 0 Å². The van der Waals surface area contributed by atoms with E-state index in [1.165, 1.54) is 0 Å². The average molecular weight is 238 g/mol. The van der Waals surface area contributed by atoms with E-state index in [2.05, 4.69) is 0 Å². The van der Waals surface area contributed by atoms with Crippen molar-refractivity contribution in [1.82, 2.24) is 0 Å². The molecule has 17 heavy (non-hydrogen) atoms. The molecule has 1 aliphatic carbocycles. The van der Waals surface area contributed by atoms with E-state index in [0.717, 1.165) is 32.1 Å². The highest BCUT2D eigenvalue weighted by Gasteiger charge is 2.28. The molecule has 0 aliphatic heterocycles. The predicted octanol–water partition coefficient (Wildman–Crippen LogP) is 3.04. The van der Waals surface area contributed by atoms with Gasteiger partial charge in [0.2, 0.25) is 0 Å². The smallest absolute Gasteiger partial charge is 0.313 e. The first kappa shape index (κ1) is 13.9. The molecule has 0 saturated heterocycles. The number of carbonyl (C=O) groups excluding carboxylic acids is 2. The fraction of sp³-hybridized carbons (Fsp3) is 0.714. The monoisotopic (exact) mass is 238 g/mol. The SMILES string of the molecule is C/C=C1\C(=O)CCCCCCC1C(=O)OCC. The van der Waals surface area contributed by atoms with Crippen LogP contribution in [0.5, 0.6) is 0 Å². The molecule has 0 heterocycles. The van der Waals surface area contributed by atoms with Crippen molar-refractivity contribution >= 4 is 11.8 Å². The molecule has 1 aliphatic rings. The Labute approximate surface area is 103 Å². The number of hydrogen-bond acceptors (Lipinski definition) is 3. The van der Waals surface area contributed by atoms with E-state index in [0.29, 0.717) is 18.6 Å². The minimum Gasteiger partial charge on any atom is -0.466 e. The van der Waals surface area contributed by atoms with Gasteiger partial charge in [-0.1, -0.05) is 25.3 Å². The maximum Gasteiger partial charge on any atom is 0.313 e. The molecule has 3 nitrogen and oxygen atoms in total. The maximum absolute atomic E-state index is 12.0. The molecule has 0 bridgehead atoms. The summed E-state index contributed by atoms with van der Waals surface area (Å²) in [4.78, 5) is 23.9. The summed E-state index contributed by atoms with van der Waals surface area (Å²) in [7, 11) is 0. The van der Waals surface area contributed by atoms with Gasteiger partial charge in [-0.25, -0.2) is 0 Å². The van der Waals surface area contributed by atoms with E-state index in [-0.39, 0.29) is 17.7 Å². The van der Waals surface area contributed by atoms with Crippen LogP contribution in [-0.4, -0.2) is 18.4 Å². The number of carbonyl (C=O) groups is 2. The van der Waals surface area contributed by atoms with E-state index in [9.17, 15) is 9.59 Å². The zero-order valence-corrected chi connectivity index (χ0v) is 10.8. The highest BCUT2D eigenvalue weighted by atomic mass is 16.5. The van der Waals surface area contributed by atoms with Crippen molar-refractivity contribution in [2.45, 2.75) is 52.4 Å². The molecular formula is C14H22O3. The summed E-state index contributed by atoms with van der Waals surface area (Å²) in [6.45, 7) is 4.00. The molecule has 0 spiro atoms. The summed E-state index contributed by atoms with van der Waals surface area (Å²) in [6.07, 6.45) is 7.20. The van der Waals surface area contributed by atoms with Gasteiger partial charge >= 0.3 is 5.97 Å². The third-order valence-corrected chi connectivity index (χ3v) is 3.23. The molecule has 0 aromatic rings. The topological polar surface area (TPSA) is 43.4 Å². The van der Waals surface area contributed by atoms with Gasteiger partial charge in [0.15, 0.2) is 5.78 Å². The lowest BCUT2D eigenvalue weighted by atomic mass is 9.90. The molecule has 0 aromatic heterocycles. The van der Waals surface area contributed by atoms with Crippen LogP contribution in [0.4, 0.5) is 0 Å². The number of ketones is 1. The van der Waals surface area contributed by atoms with Gasteiger partial charge in [-0.15, -0.1) is 0 Å². The third-order valence-electron chi connectivity index (χ3n) is 3.23. The van der Waals surface area contributed by atoms with Crippen molar-refractivity contribution in [3.05, 3.63) is 11.6 Å². The Hall–Kier alpha value is -1.12. The fourth-order valence-electron chi connectivity index (χ4n) is 2.33. The average Bonchev–Trinajstić information content (AvgIpc) is 2.39. The van der Waals surface area contributed by atoms with Gasteiger partial charge < -0.3 is 4.74 Å². The summed E-state index contributed by atoms with van der Waals surface area (Å²) in [5.74, 6) is -0.464. The normalized spacial score (nSPS) is 24.9. The first-order chi connectivity index (χ1) is 8.20. The summed E-state index contributed by atoms with van der Waals surface area (Å²) in [5, 5.41) is 0. The molecule has 1 fully saturated rings. The standard InChI is InChI=1S/C14H22O3/c1-3-11-12(14(16)17-4-2)9-7-5-6-8-10-13(11)15/h3,12H,4-10H2,1-2H3/b11-3-. The molecule has 1 atom stereocenters. The van der Waals surface area contributed by atoms with Gasteiger partial charge in [-0.3, -0.25) is 9.59 Å². The van der Waals surface area contributed by atoms with E-state index in [4.69, 9.17) is 4.74 Å². The largest absolute Gasteiger partial charge is 0.466 e. The summed E-state index contributed by atoms with van der Waals surface area (Å²) in [6, 6.07) is 0. The van der Waals surface area contributed by atoms with Crippen LogP contribution in [0.1, 0.15) is 52.4 Å². The minimum absolute atomic E-state index is 0.118. The first-order valence-corrected chi connectivity index (χ1v) is 6.56. The molecule has 1 rings (SSSR count).